The fraction of sp³-hybridized carbons (Fsp3) is 0.571. The molecule has 0 saturated heterocycles. The molecule has 0 bridgehead atoms. The van der Waals surface area contributed by atoms with Crippen molar-refractivity contribution in [2.24, 2.45) is 11.1 Å². The van der Waals surface area contributed by atoms with E-state index in [1.165, 1.54) is 19.3 Å². The average molecular weight is 259 g/mol. The summed E-state index contributed by atoms with van der Waals surface area (Å²) in [6.45, 7) is 0.750. The van der Waals surface area contributed by atoms with Crippen LogP contribution in [-0.2, 0) is 6.42 Å². The van der Waals surface area contributed by atoms with Gasteiger partial charge in [-0.25, -0.2) is 9.97 Å². The molecule has 102 valence electrons. The van der Waals surface area contributed by atoms with Crippen molar-refractivity contribution < 1.29 is 0 Å². The molecule has 5 nitrogen and oxygen atoms in total. The number of fused-ring (bicyclic) bond motifs is 1. The molecule has 0 radical (unpaired) electrons. The van der Waals surface area contributed by atoms with E-state index in [1.807, 2.05) is 31.1 Å². The molecule has 0 aromatic carbocycles. The number of pyridine rings is 1. The summed E-state index contributed by atoms with van der Waals surface area (Å²) in [7, 11) is 3.97. The lowest BCUT2D eigenvalue weighted by Gasteiger charge is -2.40. The number of H-pyrrole nitrogens is 1. The Balaban J connectivity index is 1.89. The second-order valence-corrected chi connectivity index (χ2v) is 5.85. The van der Waals surface area contributed by atoms with Crippen LogP contribution in [-0.4, -0.2) is 35.6 Å². The fourth-order valence-electron chi connectivity index (χ4n) is 2.75. The zero-order valence-corrected chi connectivity index (χ0v) is 11.6. The second kappa shape index (κ2) is 4.49. The predicted octanol–water partition coefficient (Wildman–Crippen LogP) is 1.70. The van der Waals surface area contributed by atoms with Crippen molar-refractivity contribution in [3.05, 3.63) is 18.0 Å². The minimum Gasteiger partial charge on any atom is -0.363 e. The number of aromatic nitrogens is 3. The summed E-state index contributed by atoms with van der Waals surface area (Å²) in [6, 6.07) is 4.05. The third kappa shape index (κ3) is 2.18. The third-order valence-corrected chi connectivity index (χ3v) is 4.23. The van der Waals surface area contributed by atoms with Gasteiger partial charge in [0.05, 0.1) is 5.52 Å². The SMILES string of the molecule is CN(C)c1ccc2[nH]c(CC3(CN)CCC3)nc2n1. The Kier molecular flexibility index (Phi) is 2.93. The molecule has 2 heterocycles. The molecular weight excluding hydrogens is 238 g/mol. The zero-order chi connectivity index (χ0) is 13.5. The van der Waals surface area contributed by atoms with Crippen LogP contribution in [0.2, 0.25) is 0 Å². The summed E-state index contributed by atoms with van der Waals surface area (Å²) >= 11 is 0. The zero-order valence-electron chi connectivity index (χ0n) is 11.6. The minimum atomic E-state index is 0.276. The maximum atomic E-state index is 5.91. The van der Waals surface area contributed by atoms with Crippen LogP contribution in [0.3, 0.4) is 0 Å². The van der Waals surface area contributed by atoms with Crippen LogP contribution in [0.25, 0.3) is 11.2 Å². The highest BCUT2D eigenvalue weighted by Crippen LogP contribution is 2.42. The average Bonchev–Trinajstić information content (AvgIpc) is 2.74. The van der Waals surface area contributed by atoms with Crippen LogP contribution < -0.4 is 10.6 Å². The molecule has 0 atom stereocenters. The summed E-state index contributed by atoms with van der Waals surface area (Å²) in [6.07, 6.45) is 4.67. The van der Waals surface area contributed by atoms with E-state index in [0.29, 0.717) is 0 Å². The largest absolute Gasteiger partial charge is 0.363 e. The molecule has 5 heteroatoms. The Morgan fingerprint density at radius 2 is 2.11 bits per heavy atom. The molecule has 0 spiro atoms. The number of rotatable bonds is 4. The summed E-state index contributed by atoms with van der Waals surface area (Å²) in [5, 5.41) is 0. The van der Waals surface area contributed by atoms with Gasteiger partial charge in [-0.3, -0.25) is 0 Å². The van der Waals surface area contributed by atoms with E-state index in [1.54, 1.807) is 0 Å². The van der Waals surface area contributed by atoms with Gasteiger partial charge in [0.1, 0.15) is 11.6 Å². The van der Waals surface area contributed by atoms with Gasteiger partial charge in [-0.1, -0.05) is 6.42 Å². The lowest BCUT2D eigenvalue weighted by atomic mass is 9.66. The number of hydrogen-bond donors (Lipinski definition) is 2. The summed E-state index contributed by atoms with van der Waals surface area (Å²) in [5.41, 5.74) is 7.99. The smallest absolute Gasteiger partial charge is 0.179 e. The van der Waals surface area contributed by atoms with E-state index in [2.05, 4.69) is 15.0 Å². The number of nitrogens with zero attached hydrogens (tertiary/aromatic N) is 3. The monoisotopic (exact) mass is 259 g/mol. The first kappa shape index (κ1) is 12.4. The summed E-state index contributed by atoms with van der Waals surface area (Å²) in [5.74, 6) is 1.95. The van der Waals surface area contributed by atoms with Crippen molar-refractivity contribution in [3.8, 4) is 0 Å². The summed E-state index contributed by atoms with van der Waals surface area (Å²) in [4.78, 5) is 14.5. The number of imidazole rings is 1. The third-order valence-electron chi connectivity index (χ3n) is 4.23. The van der Waals surface area contributed by atoms with E-state index >= 15 is 0 Å². The number of nitrogens with one attached hydrogen (secondary N) is 1. The van der Waals surface area contributed by atoms with Gasteiger partial charge >= 0.3 is 0 Å². The van der Waals surface area contributed by atoms with Gasteiger partial charge in [-0.2, -0.15) is 0 Å². The Morgan fingerprint density at radius 1 is 1.32 bits per heavy atom. The molecule has 1 aliphatic carbocycles. The molecule has 19 heavy (non-hydrogen) atoms. The number of aromatic amines is 1. The van der Waals surface area contributed by atoms with Gasteiger partial charge in [-0.15, -0.1) is 0 Å². The first-order valence-corrected chi connectivity index (χ1v) is 6.85. The topological polar surface area (TPSA) is 70.8 Å². The molecule has 2 aromatic heterocycles. The predicted molar refractivity (Wildman–Crippen MR) is 77.3 cm³/mol. The quantitative estimate of drug-likeness (QED) is 0.876. The lowest BCUT2D eigenvalue weighted by molar-refractivity contribution is 0.142. The van der Waals surface area contributed by atoms with Gasteiger partial charge in [0, 0.05) is 20.5 Å². The molecule has 0 amide bonds. The highest BCUT2D eigenvalue weighted by atomic mass is 15.1. The minimum absolute atomic E-state index is 0.276. The van der Waals surface area contributed by atoms with E-state index < -0.39 is 0 Å². The number of hydrogen-bond acceptors (Lipinski definition) is 4. The maximum Gasteiger partial charge on any atom is 0.179 e. The Bertz CT molecular complexity index is 577. The van der Waals surface area contributed by atoms with Crippen molar-refractivity contribution in [1.82, 2.24) is 15.0 Å². The summed E-state index contributed by atoms with van der Waals surface area (Å²) < 4.78 is 0. The van der Waals surface area contributed by atoms with Crippen molar-refractivity contribution in [3.63, 3.8) is 0 Å². The van der Waals surface area contributed by atoms with Gasteiger partial charge in [0.15, 0.2) is 5.65 Å². The van der Waals surface area contributed by atoms with Crippen LogP contribution in [0.5, 0.6) is 0 Å². The lowest BCUT2D eigenvalue weighted by Crippen LogP contribution is -2.39. The van der Waals surface area contributed by atoms with E-state index in [-0.39, 0.29) is 5.41 Å². The number of anilines is 1. The Hall–Kier alpha value is -1.62. The Labute approximate surface area is 113 Å². The highest BCUT2D eigenvalue weighted by molar-refractivity contribution is 5.73. The van der Waals surface area contributed by atoms with Crippen LogP contribution >= 0.6 is 0 Å². The molecule has 1 fully saturated rings. The molecule has 0 aliphatic heterocycles. The van der Waals surface area contributed by atoms with Crippen LogP contribution in [0.15, 0.2) is 12.1 Å². The van der Waals surface area contributed by atoms with Crippen molar-refractivity contribution in [1.29, 1.82) is 0 Å². The fourth-order valence-corrected chi connectivity index (χ4v) is 2.75. The van der Waals surface area contributed by atoms with Gasteiger partial charge < -0.3 is 15.6 Å². The molecule has 3 rings (SSSR count). The van der Waals surface area contributed by atoms with Crippen molar-refractivity contribution >= 4 is 17.0 Å². The number of nitrogens with two attached hydrogens (primary N) is 1. The van der Waals surface area contributed by atoms with Crippen molar-refractivity contribution in [2.45, 2.75) is 25.7 Å². The Morgan fingerprint density at radius 3 is 2.68 bits per heavy atom. The van der Waals surface area contributed by atoms with Crippen LogP contribution in [0.1, 0.15) is 25.1 Å². The maximum absolute atomic E-state index is 5.91. The van der Waals surface area contributed by atoms with Gasteiger partial charge in [0.2, 0.25) is 0 Å². The molecule has 0 unspecified atom stereocenters. The van der Waals surface area contributed by atoms with Crippen LogP contribution in [0.4, 0.5) is 5.82 Å². The standard InChI is InChI=1S/C14H21N5/c1-19(2)12-5-4-10-13(18-12)17-11(16-10)8-14(9-15)6-3-7-14/h4-5H,3,6-9,15H2,1-2H3,(H,16,17,18). The molecule has 3 N–H and O–H groups in total. The normalized spacial score (nSPS) is 17.4. The highest BCUT2D eigenvalue weighted by Gasteiger charge is 2.36. The molecule has 2 aromatic rings. The molecule has 1 saturated carbocycles. The first-order chi connectivity index (χ1) is 9.12. The first-order valence-electron chi connectivity index (χ1n) is 6.85. The van der Waals surface area contributed by atoms with Crippen molar-refractivity contribution in [2.75, 3.05) is 25.5 Å². The van der Waals surface area contributed by atoms with E-state index in [4.69, 9.17) is 5.73 Å². The van der Waals surface area contributed by atoms with Crippen LogP contribution in [0, 0.1) is 5.41 Å². The molecular formula is C14H21N5. The van der Waals surface area contributed by atoms with Gasteiger partial charge in [0.25, 0.3) is 0 Å². The van der Waals surface area contributed by atoms with E-state index in [9.17, 15) is 0 Å². The van der Waals surface area contributed by atoms with E-state index in [0.717, 1.165) is 35.8 Å². The second-order valence-electron chi connectivity index (χ2n) is 5.85. The molecule has 1 aliphatic rings. The van der Waals surface area contributed by atoms with Gasteiger partial charge in [-0.05, 0) is 36.9 Å².